The second-order valence-corrected chi connectivity index (χ2v) is 4.00. The maximum absolute atomic E-state index is 13.0. The van der Waals surface area contributed by atoms with Crippen LogP contribution in [-0.2, 0) is 0 Å². The zero-order chi connectivity index (χ0) is 14.7. The Morgan fingerprint density at radius 3 is 2.65 bits per heavy atom. The number of carbonyl (C=O) groups excluding carboxylic acids is 1. The lowest BCUT2D eigenvalue weighted by molar-refractivity contribution is -0.385. The minimum absolute atomic E-state index is 0.0676. The summed E-state index contributed by atoms with van der Waals surface area (Å²) < 4.78 is 13.0. The van der Waals surface area contributed by atoms with E-state index in [1.54, 1.807) is 0 Å². The van der Waals surface area contributed by atoms with Gasteiger partial charge in [-0.2, -0.15) is 0 Å². The molecular formula is C11H6ClFN4O3. The normalized spacial score (nSPS) is 10.1. The van der Waals surface area contributed by atoms with Crippen LogP contribution in [0.5, 0.6) is 0 Å². The van der Waals surface area contributed by atoms with Crippen LogP contribution in [0.25, 0.3) is 0 Å². The highest BCUT2D eigenvalue weighted by Gasteiger charge is 2.21. The molecular weight excluding hydrogens is 291 g/mol. The van der Waals surface area contributed by atoms with E-state index in [2.05, 4.69) is 15.5 Å². The zero-order valence-corrected chi connectivity index (χ0v) is 10.5. The van der Waals surface area contributed by atoms with Gasteiger partial charge in [-0.05, 0) is 24.3 Å². The van der Waals surface area contributed by atoms with Gasteiger partial charge in [0.15, 0.2) is 11.0 Å². The summed E-state index contributed by atoms with van der Waals surface area (Å²) in [6.45, 7) is 0. The van der Waals surface area contributed by atoms with E-state index < -0.39 is 22.3 Å². The Morgan fingerprint density at radius 2 is 2.05 bits per heavy atom. The Labute approximate surface area is 116 Å². The number of anilines is 1. The summed E-state index contributed by atoms with van der Waals surface area (Å²) >= 11 is 5.53. The molecule has 0 atom stereocenters. The predicted molar refractivity (Wildman–Crippen MR) is 68.0 cm³/mol. The van der Waals surface area contributed by atoms with Crippen molar-refractivity contribution in [3.05, 3.63) is 57.0 Å². The Balaban J connectivity index is 2.29. The average Bonchev–Trinajstić information content (AvgIpc) is 2.41. The highest BCUT2D eigenvalue weighted by atomic mass is 35.5. The second kappa shape index (κ2) is 5.57. The lowest BCUT2D eigenvalue weighted by Crippen LogP contribution is -2.15. The van der Waals surface area contributed by atoms with Gasteiger partial charge in [0.05, 0.1) is 11.0 Å². The molecule has 1 aromatic carbocycles. The smallest absolute Gasteiger partial charge is 0.285 e. The second-order valence-electron chi connectivity index (χ2n) is 3.61. The minimum Gasteiger partial charge on any atom is -0.305 e. The number of hydrogen-bond acceptors (Lipinski definition) is 5. The molecule has 0 aliphatic rings. The predicted octanol–water partition coefficient (Wildman–Crippen LogP) is 2.43. The monoisotopic (exact) mass is 296 g/mol. The summed E-state index contributed by atoms with van der Waals surface area (Å²) in [6.07, 6.45) is 0. The number of aromatic nitrogens is 2. The molecule has 102 valence electrons. The van der Waals surface area contributed by atoms with Crippen LogP contribution >= 0.6 is 11.6 Å². The molecule has 0 bridgehead atoms. The number of halogens is 2. The molecule has 0 saturated heterocycles. The molecule has 1 heterocycles. The quantitative estimate of drug-likeness (QED) is 0.693. The van der Waals surface area contributed by atoms with Crippen molar-refractivity contribution in [1.29, 1.82) is 0 Å². The zero-order valence-electron chi connectivity index (χ0n) is 9.71. The molecule has 1 N–H and O–H groups in total. The first-order chi connectivity index (χ1) is 9.47. The highest BCUT2D eigenvalue weighted by molar-refractivity contribution is 6.29. The molecule has 0 aliphatic carbocycles. The molecule has 7 nitrogen and oxygen atoms in total. The van der Waals surface area contributed by atoms with E-state index in [1.807, 2.05) is 0 Å². The number of nitrogens with zero attached hydrogens (tertiary/aromatic N) is 3. The number of nitro groups is 1. The molecule has 9 heteroatoms. The van der Waals surface area contributed by atoms with Crippen molar-refractivity contribution in [2.45, 2.75) is 0 Å². The summed E-state index contributed by atoms with van der Waals surface area (Å²) in [4.78, 5) is 21.8. The van der Waals surface area contributed by atoms with Gasteiger partial charge < -0.3 is 5.32 Å². The largest absolute Gasteiger partial charge is 0.305 e. The number of hydrogen-bond donors (Lipinski definition) is 1. The molecule has 0 radical (unpaired) electrons. The average molecular weight is 297 g/mol. The van der Waals surface area contributed by atoms with Crippen LogP contribution < -0.4 is 5.32 Å². The first kappa shape index (κ1) is 13.8. The molecule has 2 rings (SSSR count). The van der Waals surface area contributed by atoms with E-state index in [1.165, 1.54) is 12.1 Å². The van der Waals surface area contributed by atoms with Gasteiger partial charge in [-0.25, -0.2) is 4.39 Å². The highest BCUT2D eigenvalue weighted by Crippen LogP contribution is 2.20. The molecule has 0 unspecified atom stereocenters. The number of amides is 1. The molecule has 0 saturated carbocycles. The van der Waals surface area contributed by atoms with Crippen LogP contribution in [0.4, 0.5) is 15.9 Å². The lowest BCUT2D eigenvalue weighted by Gasteiger charge is -2.04. The van der Waals surface area contributed by atoms with E-state index >= 15 is 0 Å². The third-order valence-electron chi connectivity index (χ3n) is 2.27. The van der Waals surface area contributed by atoms with Gasteiger partial charge in [0.1, 0.15) is 11.4 Å². The summed E-state index contributed by atoms with van der Waals surface area (Å²) in [5.74, 6) is -1.54. The first-order valence-corrected chi connectivity index (χ1v) is 5.59. The van der Waals surface area contributed by atoms with Gasteiger partial charge >= 0.3 is 0 Å². The Bertz CT molecular complexity index is 678. The van der Waals surface area contributed by atoms with Gasteiger partial charge in [-0.15, -0.1) is 10.2 Å². The topological polar surface area (TPSA) is 98.0 Å². The molecule has 1 aromatic heterocycles. The van der Waals surface area contributed by atoms with Crippen LogP contribution in [0.1, 0.15) is 10.4 Å². The molecule has 0 aliphatic heterocycles. The standard InChI is InChI=1S/C11H6ClFN4O3/c12-9-3-4-10(16-15-9)14-11(18)7-2-1-6(13)5-8(7)17(19)20/h1-5H,(H,14,16,18). The van der Waals surface area contributed by atoms with Gasteiger partial charge in [-0.3, -0.25) is 14.9 Å². The molecule has 20 heavy (non-hydrogen) atoms. The summed E-state index contributed by atoms with van der Waals surface area (Å²) in [7, 11) is 0. The fourth-order valence-corrected chi connectivity index (χ4v) is 1.51. The number of nitro benzene ring substituents is 1. The third kappa shape index (κ3) is 3.04. The molecule has 0 spiro atoms. The van der Waals surface area contributed by atoms with Crippen LogP contribution in [-0.4, -0.2) is 21.0 Å². The van der Waals surface area contributed by atoms with Crippen molar-refractivity contribution in [2.24, 2.45) is 0 Å². The van der Waals surface area contributed by atoms with Gasteiger partial charge in [0.25, 0.3) is 11.6 Å². The van der Waals surface area contributed by atoms with E-state index in [0.717, 1.165) is 12.1 Å². The number of nitrogens with one attached hydrogen (secondary N) is 1. The van der Waals surface area contributed by atoms with Crippen LogP contribution in [0, 0.1) is 15.9 Å². The van der Waals surface area contributed by atoms with Crippen molar-refractivity contribution in [3.63, 3.8) is 0 Å². The van der Waals surface area contributed by atoms with E-state index in [9.17, 15) is 19.3 Å². The van der Waals surface area contributed by atoms with Crippen molar-refractivity contribution in [3.8, 4) is 0 Å². The van der Waals surface area contributed by atoms with Crippen molar-refractivity contribution in [1.82, 2.24) is 10.2 Å². The van der Waals surface area contributed by atoms with Crippen molar-refractivity contribution < 1.29 is 14.1 Å². The van der Waals surface area contributed by atoms with Gasteiger partial charge in [-0.1, -0.05) is 11.6 Å². The Morgan fingerprint density at radius 1 is 1.30 bits per heavy atom. The maximum Gasteiger partial charge on any atom is 0.285 e. The van der Waals surface area contributed by atoms with Gasteiger partial charge in [0.2, 0.25) is 0 Å². The lowest BCUT2D eigenvalue weighted by atomic mass is 10.1. The first-order valence-electron chi connectivity index (χ1n) is 5.22. The van der Waals surface area contributed by atoms with Crippen LogP contribution in [0.2, 0.25) is 5.15 Å². The molecule has 1 amide bonds. The third-order valence-corrected chi connectivity index (χ3v) is 2.48. The van der Waals surface area contributed by atoms with E-state index in [0.29, 0.717) is 6.07 Å². The van der Waals surface area contributed by atoms with Gasteiger partial charge in [0, 0.05) is 0 Å². The van der Waals surface area contributed by atoms with Crippen LogP contribution in [0.3, 0.4) is 0 Å². The molecule has 0 fully saturated rings. The summed E-state index contributed by atoms with van der Waals surface area (Å²) in [5, 5.41) is 20.3. The SMILES string of the molecule is O=C(Nc1ccc(Cl)nn1)c1ccc(F)cc1[N+](=O)[O-]. The summed E-state index contributed by atoms with van der Waals surface area (Å²) in [5.41, 5.74) is -0.919. The number of rotatable bonds is 3. The Kier molecular flexibility index (Phi) is 3.85. The Hall–Kier alpha value is -2.61. The van der Waals surface area contributed by atoms with E-state index in [4.69, 9.17) is 11.6 Å². The maximum atomic E-state index is 13.0. The number of carbonyl (C=O) groups is 1. The van der Waals surface area contributed by atoms with Crippen molar-refractivity contribution in [2.75, 3.05) is 5.32 Å². The number of benzene rings is 1. The summed E-state index contributed by atoms with van der Waals surface area (Å²) in [6, 6.07) is 5.41. The van der Waals surface area contributed by atoms with Crippen LogP contribution in [0.15, 0.2) is 30.3 Å². The van der Waals surface area contributed by atoms with Crippen molar-refractivity contribution >= 4 is 29.0 Å². The molecule has 2 aromatic rings. The van der Waals surface area contributed by atoms with E-state index in [-0.39, 0.29) is 16.5 Å². The minimum atomic E-state index is -0.842. The fraction of sp³-hybridized carbons (Fsp3) is 0. The fourth-order valence-electron chi connectivity index (χ4n) is 1.41.